The lowest BCUT2D eigenvalue weighted by molar-refractivity contribution is -0.119. The summed E-state index contributed by atoms with van der Waals surface area (Å²) in [4.78, 5) is 25.8. The number of benzene rings is 1. The van der Waals surface area contributed by atoms with Crippen LogP contribution in [0, 0.1) is 0 Å². The third-order valence-electron chi connectivity index (χ3n) is 9.03. The standard InChI is InChI=1S/C36H37Cl2N7O3/c1-45-20-23(16-40-19-25-11-13-48-25)34-30(45)14-22(17-42-34)35-33(38)27(10-12-41-35)26-4-3-5-28(32(26)37)29-8-6-21(36(44-29)47-2)15-39-18-24-7-9-31(46)43-24/h3-6,8,10,12,14,17,20,24-25,39-40H,7,9,11,13,15-16,18-19H2,1-2H3,(H,43,46)/t24-,25-/m1/s1. The Morgan fingerprint density at radius 3 is 2.56 bits per heavy atom. The summed E-state index contributed by atoms with van der Waals surface area (Å²) >= 11 is 14.2. The normalized spacial score (nSPS) is 17.5. The zero-order valence-electron chi connectivity index (χ0n) is 26.9. The second kappa shape index (κ2) is 14.2. The maximum Gasteiger partial charge on any atom is 0.220 e. The van der Waals surface area contributed by atoms with Gasteiger partial charge in [-0.15, -0.1) is 0 Å². The number of pyridine rings is 3. The molecular weight excluding hydrogens is 649 g/mol. The molecule has 4 aromatic heterocycles. The highest BCUT2D eigenvalue weighted by molar-refractivity contribution is 6.39. The van der Waals surface area contributed by atoms with Gasteiger partial charge in [0.25, 0.3) is 0 Å². The molecule has 48 heavy (non-hydrogen) atoms. The summed E-state index contributed by atoms with van der Waals surface area (Å²) in [6, 6.07) is 13.8. The van der Waals surface area contributed by atoms with Gasteiger partial charge in [-0.2, -0.15) is 0 Å². The smallest absolute Gasteiger partial charge is 0.220 e. The lowest BCUT2D eigenvalue weighted by Gasteiger charge is -2.26. The fourth-order valence-corrected chi connectivity index (χ4v) is 6.99. The first-order valence-corrected chi connectivity index (χ1v) is 16.9. The van der Waals surface area contributed by atoms with Gasteiger partial charge in [0.1, 0.15) is 0 Å². The van der Waals surface area contributed by atoms with E-state index in [-0.39, 0.29) is 11.9 Å². The molecule has 0 radical (unpaired) electrons. The maximum absolute atomic E-state index is 11.5. The number of rotatable bonds is 12. The molecular formula is C36H37Cl2N7O3. The van der Waals surface area contributed by atoms with Crippen molar-refractivity contribution in [2.75, 3.05) is 26.8 Å². The third kappa shape index (κ3) is 6.63. The van der Waals surface area contributed by atoms with Crippen molar-refractivity contribution in [3.63, 3.8) is 0 Å². The van der Waals surface area contributed by atoms with Gasteiger partial charge in [0.05, 0.1) is 45.7 Å². The van der Waals surface area contributed by atoms with Gasteiger partial charge in [-0.1, -0.05) is 47.5 Å². The highest BCUT2D eigenvalue weighted by Crippen LogP contribution is 2.42. The summed E-state index contributed by atoms with van der Waals surface area (Å²) in [5, 5.41) is 10.9. The van der Waals surface area contributed by atoms with E-state index in [1.807, 2.05) is 49.6 Å². The Hall–Kier alpha value is -4.06. The van der Waals surface area contributed by atoms with E-state index >= 15 is 0 Å². The number of methoxy groups -OCH3 is 1. The minimum absolute atomic E-state index is 0.104. The number of aryl methyl sites for hydroxylation is 1. The van der Waals surface area contributed by atoms with E-state index in [0.717, 1.165) is 70.4 Å². The van der Waals surface area contributed by atoms with Crippen LogP contribution in [0.2, 0.25) is 10.0 Å². The number of hydrogen-bond acceptors (Lipinski definition) is 8. The summed E-state index contributed by atoms with van der Waals surface area (Å²) < 4.78 is 13.3. The maximum atomic E-state index is 11.5. The van der Waals surface area contributed by atoms with Gasteiger partial charge in [-0.25, -0.2) is 4.98 Å². The highest BCUT2D eigenvalue weighted by atomic mass is 35.5. The summed E-state index contributed by atoms with van der Waals surface area (Å²) in [5.41, 5.74) is 8.39. The lowest BCUT2D eigenvalue weighted by atomic mass is 9.99. The van der Waals surface area contributed by atoms with Gasteiger partial charge < -0.3 is 30.0 Å². The molecule has 2 fully saturated rings. The molecule has 248 valence electrons. The number of hydrogen-bond donors (Lipinski definition) is 3. The Balaban J connectivity index is 1.12. The number of fused-ring (bicyclic) bond motifs is 1. The fourth-order valence-electron chi connectivity index (χ4n) is 6.34. The van der Waals surface area contributed by atoms with Crippen LogP contribution in [0.15, 0.2) is 61.1 Å². The van der Waals surface area contributed by atoms with Gasteiger partial charge in [0.2, 0.25) is 11.8 Å². The van der Waals surface area contributed by atoms with Crippen LogP contribution in [0.3, 0.4) is 0 Å². The molecule has 2 saturated heterocycles. The number of nitrogens with zero attached hydrogens (tertiary/aromatic N) is 4. The number of ether oxygens (including phenoxy) is 2. The molecule has 0 unspecified atom stereocenters. The van der Waals surface area contributed by atoms with Crippen molar-refractivity contribution in [1.29, 1.82) is 0 Å². The first-order valence-electron chi connectivity index (χ1n) is 16.1. The molecule has 2 aliphatic rings. The molecule has 10 nitrogen and oxygen atoms in total. The van der Waals surface area contributed by atoms with Crippen molar-refractivity contribution in [2.45, 2.75) is 44.5 Å². The highest BCUT2D eigenvalue weighted by Gasteiger charge is 2.22. The van der Waals surface area contributed by atoms with Crippen molar-refractivity contribution in [2.24, 2.45) is 7.05 Å². The summed E-state index contributed by atoms with van der Waals surface area (Å²) in [6.07, 6.45) is 8.51. The van der Waals surface area contributed by atoms with Crippen LogP contribution in [-0.2, 0) is 29.7 Å². The molecule has 6 heterocycles. The van der Waals surface area contributed by atoms with E-state index < -0.39 is 0 Å². The largest absolute Gasteiger partial charge is 0.481 e. The second-order valence-corrected chi connectivity index (χ2v) is 13.0. The van der Waals surface area contributed by atoms with Crippen molar-refractivity contribution in [3.05, 3.63) is 82.2 Å². The molecule has 1 amide bonds. The second-order valence-electron chi connectivity index (χ2n) is 12.3. The first kappa shape index (κ1) is 32.5. The van der Waals surface area contributed by atoms with Gasteiger partial charge in [0.15, 0.2) is 0 Å². The average Bonchev–Trinajstić information content (AvgIpc) is 3.64. The molecule has 3 N–H and O–H groups in total. The number of nitrogens with one attached hydrogen (secondary N) is 3. The van der Waals surface area contributed by atoms with Crippen LogP contribution in [-0.4, -0.2) is 64.4 Å². The van der Waals surface area contributed by atoms with E-state index in [0.29, 0.717) is 59.5 Å². The Bertz CT molecular complexity index is 1980. The van der Waals surface area contributed by atoms with Gasteiger partial charge >= 0.3 is 0 Å². The Morgan fingerprint density at radius 1 is 1.00 bits per heavy atom. The van der Waals surface area contributed by atoms with E-state index in [1.165, 1.54) is 0 Å². The molecule has 0 aliphatic carbocycles. The molecule has 12 heteroatoms. The third-order valence-corrected chi connectivity index (χ3v) is 9.82. The molecule has 1 aromatic carbocycles. The van der Waals surface area contributed by atoms with Gasteiger partial charge in [-0.3, -0.25) is 14.8 Å². The number of carbonyl (C=O) groups excluding carboxylic acids is 1. The summed E-state index contributed by atoms with van der Waals surface area (Å²) in [6.45, 7) is 3.64. The molecule has 0 saturated carbocycles. The van der Waals surface area contributed by atoms with Crippen molar-refractivity contribution < 1.29 is 14.3 Å². The molecule has 5 aromatic rings. The van der Waals surface area contributed by atoms with E-state index in [2.05, 4.69) is 37.8 Å². The molecule has 7 rings (SSSR count). The SMILES string of the molecule is COc1nc(-c2cccc(-c3ccnc(-c4cnc5c(CNC[C@H]6CCO6)cn(C)c5c4)c3Cl)c2Cl)ccc1CNC[C@H]1CCC(=O)N1. The Kier molecular flexibility index (Phi) is 9.61. The summed E-state index contributed by atoms with van der Waals surface area (Å²) in [5.74, 6) is 0.614. The molecule has 0 spiro atoms. The quantitative estimate of drug-likeness (QED) is 0.148. The van der Waals surface area contributed by atoms with Crippen molar-refractivity contribution in [3.8, 4) is 39.5 Å². The van der Waals surface area contributed by atoms with E-state index in [4.69, 9.17) is 42.6 Å². The van der Waals surface area contributed by atoms with Crippen LogP contribution in [0.4, 0.5) is 0 Å². The minimum Gasteiger partial charge on any atom is -0.481 e. The van der Waals surface area contributed by atoms with Crippen molar-refractivity contribution in [1.82, 2.24) is 35.5 Å². The van der Waals surface area contributed by atoms with E-state index in [1.54, 1.807) is 13.3 Å². The zero-order valence-corrected chi connectivity index (χ0v) is 28.4. The molecule has 2 atom stereocenters. The predicted molar refractivity (Wildman–Crippen MR) is 188 cm³/mol. The Morgan fingerprint density at radius 2 is 1.79 bits per heavy atom. The van der Waals surface area contributed by atoms with Crippen LogP contribution in [0.1, 0.15) is 30.4 Å². The van der Waals surface area contributed by atoms with E-state index in [9.17, 15) is 4.79 Å². The Labute approximate surface area is 289 Å². The zero-order chi connectivity index (χ0) is 33.2. The van der Waals surface area contributed by atoms with Gasteiger partial charge in [-0.05, 0) is 31.0 Å². The van der Waals surface area contributed by atoms with Gasteiger partial charge in [0, 0.05) is 104 Å². The number of halogens is 2. The van der Waals surface area contributed by atoms with Crippen LogP contribution >= 0.6 is 23.2 Å². The molecule has 0 bridgehead atoms. The first-order chi connectivity index (χ1) is 23.4. The van der Waals surface area contributed by atoms with Crippen molar-refractivity contribution >= 4 is 40.1 Å². The minimum atomic E-state index is 0.104. The lowest BCUT2D eigenvalue weighted by Crippen LogP contribution is -2.36. The number of carbonyl (C=O) groups is 1. The van der Waals surface area contributed by atoms with Crippen LogP contribution < -0.4 is 20.7 Å². The number of amides is 1. The van der Waals surface area contributed by atoms with Crippen LogP contribution in [0.5, 0.6) is 5.88 Å². The fraction of sp³-hybridized carbons (Fsp3) is 0.333. The monoisotopic (exact) mass is 685 g/mol. The summed E-state index contributed by atoms with van der Waals surface area (Å²) in [7, 11) is 3.63. The average molecular weight is 687 g/mol. The van der Waals surface area contributed by atoms with Crippen LogP contribution in [0.25, 0.3) is 44.7 Å². The predicted octanol–water partition coefficient (Wildman–Crippen LogP) is 5.93. The topological polar surface area (TPSA) is 115 Å². The number of aromatic nitrogens is 4. The molecule has 2 aliphatic heterocycles.